The molecule has 1 unspecified atom stereocenters. The van der Waals surface area contributed by atoms with Gasteiger partial charge < -0.3 is 9.84 Å². The maximum absolute atomic E-state index is 11.5. The summed E-state index contributed by atoms with van der Waals surface area (Å²) in [6.07, 6.45) is 0.298. The molecule has 0 spiro atoms. The van der Waals surface area contributed by atoms with Crippen molar-refractivity contribution < 1.29 is 19.4 Å². The van der Waals surface area contributed by atoms with Crippen molar-refractivity contribution in [3.8, 4) is 0 Å². The molecular weight excluding hydrogens is 278 g/mol. The highest BCUT2D eigenvalue weighted by atomic mass is 32.2. The molecule has 6 heteroatoms. The molecule has 5 nitrogen and oxygen atoms in total. The van der Waals surface area contributed by atoms with Crippen LogP contribution in [0.1, 0.15) is 26.3 Å². The highest BCUT2D eigenvalue weighted by Gasteiger charge is 2.22. The Bertz CT molecular complexity index is 456. The van der Waals surface area contributed by atoms with E-state index in [-0.39, 0.29) is 0 Å². The molecule has 0 amide bonds. The van der Waals surface area contributed by atoms with E-state index in [4.69, 9.17) is 9.84 Å². The fourth-order valence-electron chi connectivity index (χ4n) is 1.42. The van der Waals surface area contributed by atoms with Crippen LogP contribution in [0.2, 0.25) is 0 Å². The summed E-state index contributed by atoms with van der Waals surface area (Å²) in [5.74, 6) is -1.01. The first kappa shape index (κ1) is 16.5. The minimum absolute atomic E-state index is 0.298. The van der Waals surface area contributed by atoms with E-state index in [0.29, 0.717) is 18.4 Å². The molecule has 1 aromatic rings. The van der Waals surface area contributed by atoms with Gasteiger partial charge in [-0.25, -0.2) is 9.52 Å². The van der Waals surface area contributed by atoms with Gasteiger partial charge in [0.1, 0.15) is 11.6 Å². The molecule has 0 saturated heterocycles. The van der Waals surface area contributed by atoms with E-state index in [2.05, 4.69) is 4.72 Å². The van der Waals surface area contributed by atoms with E-state index in [1.807, 2.05) is 30.3 Å². The number of ether oxygens (including phenoxy) is 1. The Balaban J connectivity index is 2.52. The minimum atomic E-state index is -1.01. The standard InChI is InChI=1S/C14H19NO4S/c1-14(2,3)19-13(18)20-15-11(12(16)17)9-10-7-5-4-6-8-10/h4-8,11,15H,9H2,1-3H3,(H,16,17). The van der Waals surface area contributed by atoms with Crippen LogP contribution < -0.4 is 4.72 Å². The topological polar surface area (TPSA) is 75.6 Å². The van der Waals surface area contributed by atoms with Gasteiger partial charge in [-0.15, -0.1) is 0 Å². The summed E-state index contributed by atoms with van der Waals surface area (Å²) in [6.45, 7) is 5.26. The molecule has 2 N–H and O–H groups in total. The predicted octanol–water partition coefficient (Wildman–Crippen LogP) is 2.86. The van der Waals surface area contributed by atoms with Crippen LogP contribution in [0.3, 0.4) is 0 Å². The second-order valence-corrected chi connectivity index (χ2v) is 6.04. The van der Waals surface area contributed by atoms with E-state index in [1.54, 1.807) is 20.8 Å². The van der Waals surface area contributed by atoms with Crippen LogP contribution in [0.25, 0.3) is 0 Å². The number of hydrogen-bond acceptors (Lipinski definition) is 5. The lowest BCUT2D eigenvalue weighted by Crippen LogP contribution is -2.36. The summed E-state index contributed by atoms with van der Waals surface area (Å²) in [4.78, 5) is 22.7. The highest BCUT2D eigenvalue weighted by molar-refractivity contribution is 8.11. The van der Waals surface area contributed by atoms with Crippen molar-refractivity contribution in [1.82, 2.24) is 4.72 Å². The third-order valence-electron chi connectivity index (χ3n) is 2.25. The Labute approximate surface area is 122 Å². The van der Waals surface area contributed by atoms with Gasteiger partial charge in [0.15, 0.2) is 0 Å². The number of aliphatic carboxylic acids is 1. The number of carbonyl (C=O) groups excluding carboxylic acids is 1. The molecular formula is C14H19NO4S. The lowest BCUT2D eigenvalue weighted by Gasteiger charge is -2.20. The molecule has 1 aromatic carbocycles. The third-order valence-corrected chi connectivity index (χ3v) is 2.91. The van der Waals surface area contributed by atoms with Gasteiger partial charge >= 0.3 is 11.3 Å². The summed E-state index contributed by atoms with van der Waals surface area (Å²) < 4.78 is 7.72. The second-order valence-electron chi connectivity index (χ2n) is 5.26. The Morgan fingerprint density at radius 1 is 1.30 bits per heavy atom. The van der Waals surface area contributed by atoms with Gasteiger partial charge in [0.05, 0.1) is 0 Å². The van der Waals surface area contributed by atoms with Crippen LogP contribution in [0.4, 0.5) is 4.79 Å². The van der Waals surface area contributed by atoms with Gasteiger partial charge in [0.2, 0.25) is 0 Å². The second kappa shape index (κ2) is 7.31. The first-order valence-electron chi connectivity index (χ1n) is 6.20. The van der Waals surface area contributed by atoms with E-state index >= 15 is 0 Å². The smallest absolute Gasteiger partial charge is 0.383 e. The first-order valence-corrected chi connectivity index (χ1v) is 7.01. The molecule has 110 valence electrons. The molecule has 20 heavy (non-hydrogen) atoms. The Hall–Kier alpha value is -1.53. The molecule has 0 bridgehead atoms. The molecule has 0 aliphatic heterocycles. The Morgan fingerprint density at radius 3 is 2.40 bits per heavy atom. The van der Waals surface area contributed by atoms with Gasteiger partial charge in [-0.05, 0) is 32.8 Å². The number of rotatable bonds is 5. The molecule has 1 rings (SSSR count). The lowest BCUT2D eigenvalue weighted by molar-refractivity contribution is -0.138. The van der Waals surface area contributed by atoms with Crippen molar-refractivity contribution in [2.24, 2.45) is 0 Å². The summed E-state index contributed by atoms with van der Waals surface area (Å²) in [6, 6.07) is 8.38. The monoisotopic (exact) mass is 297 g/mol. The quantitative estimate of drug-likeness (QED) is 0.643. The highest BCUT2D eigenvalue weighted by Crippen LogP contribution is 2.14. The van der Waals surface area contributed by atoms with E-state index in [0.717, 1.165) is 5.56 Å². The van der Waals surface area contributed by atoms with Gasteiger partial charge in [0, 0.05) is 11.9 Å². The van der Waals surface area contributed by atoms with Gasteiger partial charge in [-0.2, -0.15) is 0 Å². The fourth-order valence-corrected chi connectivity index (χ4v) is 2.13. The number of carbonyl (C=O) groups is 2. The minimum Gasteiger partial charge on any atom is -0.480 e. The maximum Gasteiger partial charge on any atom is 0.383 e. The fraction of sp³-hybridized carbons (Fsp3) is 0.429. The zero-order valence-corrected chi connectivity index (χ0v) is 12.6. The Kier molecular flexibility index (Phi) is 6.04. The molecule has 0 saturated carbocycles. The number of carboxylic acid groups (broad SMARTS) is 1. The molecule has 0 aromatic heterocycles. The average molecular weight is 297 g/mol. The molecule has 0 aliphatic rings. The van der Waals surface area contributed by atoms with Crippen LogP contribution in [0.15, 0.2) is 30.3 Å². The summed E-state index contributed by atoms with van der Waals surface area (Å²) >= 11 is 0.667. The van der Waals surface area contributed by atoms with Crippen molar-refractivity contribution >= 4 is 23.2 Å². The maximum atomic E-state index is 11.5. The third kappa shape index (κ3) is 6.58. The van der Waals surface area contributed by atoms with Crippen LogP contribution in [-0.4, -0.2) is 28.0 Å². The van der Waals surface area contributed by atoms with Crippen molar-refractivity contribution in [2.45, 2.75) is 38.8 Å². The van der Waals surface area contributed by atoms with Crippen molar-refractivity contribution in [3.63, 3.8) is 0 Å². The first-order chi connectivity index (χ1) is 9.28. The van der Waals surface area contributed by atoms with Crippen LogP contribution in [0.5, 0.6) is 0 Å². The molecule has 1 atom stereocenters. The van der Waals surface area contributed by atoms with Gasteiger partial charge in [-0.3, -0.25) is 4.79 Å². The Morgan fingerprint density at radius 2 is 1.90 bits per heavy atom. The largest absolute Gasteiger partial charge is 0.480 e. The molecule has 0 aliphatic carbocycles. The SMILES string of the molecule is CC(C)(C)OC(=O)SNC(Cc1ccccc1)C(=O)O. The van der Waals surface area contributed by atoms with Crippen LogP contribution in [0, 0.1) is 0 Å². The van der Waals surface area contributed by atoms with E-state index in [9.17, 15) is 9.59 Å². The van der Waals surface area contributed by atoms with Gasteiger partial charge in [-0.1, -0.05) is 30.3 Å². The number of carboxylic acids is 1. The lowest BCUT2D eigenvalue weighted by atomic mass is 10.1. The van der Waals surface area contributed by atoms with Crippen molar-refractivity contribution in [3.05, 3.63) is 35.9 Å². The molecule has 0 heterocycles. The average Bonchev–Trinajstić information content (AvgIpc) is 2.33. The van der Waals surface area contributed by atoms with Gasteiger partial charge in [0.25, 0.3) is 0 Å². The normalized spacial score (nSPS) is 12.8. The number of nitrogens with one attached hydrogen (secondary N) is 1. The van der Waals surface area contributed by atoms with Crippen LogP contribution >= 0.6 is 11.9 Å². The number of hydrogen-bond donors (Lipinski definition) is 2. The van der Waals surface area contributed by atoms with Crippen molar-refractivity contribution in [2.75, 3.05) is 0 Å². The molecule has 0 radical (unpaired) electrons. The number of benzene rings is 1. The van der Waals surface area contributed by atoms with E-state index in [1.165, 1.54) is 0 Å². The van der Waals surface area contributed by atoms with Crippen molar-refractivity contribution in [1.29, 1.82) is 0 Å². The molecule has 0 fully saturated rings. The summed E-state index contributed by atoms with van der Waals surface area (Å²) in [5, 5.41) is 8.61. The zero-order chi connectivity index (χ0) is 15.2. The summed E-state index contributed by atoms with van der Waals surface area (Å²) in [7, 11) is 0. The predicted molar refractivity (Wildman–Crippen MR) is 78.5 cm³/mol. The zero-order valence-electron chi connectivity index (χ0n) is 11.8. The van der Waals surface area contributed by atoms with E-state index < -0.39 is 22.9 Å². The summed E-state index contributed by atoms with van der Waals surface area (Å²) in [5.41, 5.74) is 0.293. The van der Waals surface area contributed by atoms with Crippen LogP contribution in [-0.2, 0) is 16.0 Å².